The predicted molar refractivity (Wildman–Crippen MR) is 98.5 cm³/mol. The Balaban J connectivity index is 1.90. The third-order valence-corrected chi connectivity index (χ3v) is 6.13. The molecule has 2 fully saturated rings. The summed E-state index contributed by atoms with van der Waals surface area (Å²) in [6.07, 6.45) is 18.8. The van der Waals surface area contributed by atoms with E-state index < -0.39 is 0 Å². The fourth-order valence-electron chi connectivity index (χ4n) is 4.62. The maximum atomic E-state index is 13.0. The Kier molecular flexibility index (Phi) is 8.47. The number of amides is 1. The zero-order valence-electron chi connectivity index (χ0n) is 15.7. The van der Waals surface area contributed by atoms with Gasteiger partial charge >= 0.3 is 0 Å². The standard InChI is InChI=1S/C21H39NO/c1-3-4-11-18(2)16-17-21(23)22(19-12-7-5-8-13-19)20-14-9-6-10-15-20/h18-20H,3-17H2,1-2H3. The molecule has 2 aliphatic carbocycles. The van der Waals surface area contributed by atoms with Crippen molar-refractivity contribution in [1.82, 2.24) is 4.90 Å². The van der Waals surface area contributed by atoms with Crippen LogP contribution in [0.3, 0.4) is 0 Å². The molecule has 2 aliphatic rings. The van der Waals surface area contributed by atoms with Crippen LogP contribution in [0.4, 0.5) is 0 Å². The molecule has 0 aromatic heterocycles. The van der Waals surface area contributed by atoms with Gasteiger partial charge in [0.2, 0.25) is 5.91 Å². The van der Waals surface area contributed by atoms with Crippen LogP contribution < -0.4 is 0 Å². The lowest BCUT2D eigenvalue weighted by Crippen LogP contribution is -2.48. The number of carbonyl (C=O) groups excluding carboxylic acids is 1. The van der Waals surface area contributed by atoms with E-state index in [2.05, 4.69) is 18.7 Å². The Morgan fingerprint density at radius 3 is 1.91 bits per heavy atom. The second-order valence-corrected chi connectivity index (χ2v) is 8.17. The minimum atomic E-state index is 0.479. The first-order valence-electron chi connectivity index (χ1n) is 10.5. The smallest absolute Gasteiger partial charge is 0.223 e. The van der Waals surface area contributed by atoms with Gasteiger partial charge in [0.15, 0.2) is 0 Å². The highest BCUT2D eigenvalue weighted by molar-refractivity contribution is 5.77. The third kappa shape index (κ3) is 6.12. The normalized spacial score (nSPS) is 22.0. The minimum Gasteiger partial charge on any atom is -0.337 e. The van der Waals surface area contributed by atoms with Crippen molar-refractivity contribution in [2.75, 3.05) is 0 Å². The van der Waals surface area contributed by atoms with Crippen molar-refractivity contribution in [3.05, 3.63) is 0 Å². The molecule has 0 aromatic rings. The molecule has 2 rings (SSSR count). The lowest BCUT2D eigenvalue weighted by atomic mass is 9.88. The first-order valence-corrected chi connectivity index (χ1v) is 10.5. The maximum absolute atomic E-state index is 13.0. The fraction of sp³-hybridized carbons (Fsp3) is 0.952. The van der Waals surface area contributed by atoms with Gasteiger partial charge in [0, 0.05) is 18.5 Å². The zero-order chi connectivity index (χ0) is 16.5. The van der Waals surface area contributed by atoms with Crippen molar-refractivity contribution >= 4 is 5.91 Å². The van der Waals surface area contributed by atoms with E-state index in [-0.39, 0.29) is 0 Å². The van der Waals surface area contributed by atoms with Crippen molar-refractivity contribution in [3.8, 4) is 0 Å². The minimum absolute atomic E-state index is 0.479. The number of unbranched alkanes of at least 4 members (excludes halogenated alkanes) is 1. The molecule has 134 valence electrons. The summed E-state index contributed by atoms with van der Waals surface area (Å²) in [6, 6.07) is 1.12. The molecular weight excluding hydrogens is 282 g/mol. The topological polar surface area (TPSA) is 20.3 Å². The van der Waals surface area contributed by atoms with Gasteiger partial charge in [0.1, 0.15) is 0 Å². The number of hydrogen-bond acceptors (Lipinski definition) is 1. The summed E-state index contributed by atoms with van der Waals surface area (Å²) in [5.41, 5.74) is 0. The van der Waals surface area contributed by atoms with Gasteiger partial charge in [-0.05, 0) is 38.0 Å². The molecule has 0 spiro atoms. The van der Waals surface area contributed by atoms with E-state index in [4.69, 9.17) is 0 Å². The van der Waals surface area contributed by atoms with Crippen LogP contribution in [0.2, 0.25) is 0 Å². The predicted octanol–water partition coefficient (Wildman–Crippen LogP) is 6.09. The van der Waals surface area contributed by atoms with Crippen LogP contribution in [0.1, 0.15) is 110 Å². The van der Waals surface area contributed by atoms with Crippen LogP contribution in [0.5, 0.6) is 0 Å². The van der Waals surface area contributed by atoms with Crippen LogP contribution >= 0.6 is 0 Å². The molecule has 1 unspecified atom stereocenters. The molecule has 0 bridgehead atoms. The Hall–Kier alpha value is -0.530. The van der Waals surface area contributed by atoms with Crippen molar-refractivity contribution in [2.45, 2.75) is 122 Å². The maximum Gasteiger partial charge on any atom is 0.223 e. The molecule has 2 nitrogen and oxygen atoms in total. The van der Waals surface area contributed by atoms with Gasteiger partial charge in [0.25, 0.3) is 0 Å². The van der Waals surface area contributed by atoms with Gasteiger partial charge < -0.3 is 4.90 Å². The van der Waals surface area contributed by atoms with E-state index in [0.29, 0.717) is 23.9 Å². The average Bonchev–Trinajstić information content (AvgIpc) is 2.60. The Morgan fingerprint density at radius 2 is 1.43 bits per heavy atom. The van der Waals surface area contributed by atoms with Crippen molar-refractivity contribution < 1.29 is 4.79 Å². The quantitative estimate of drug-likeness (QED) is 0.530. The van der Waals surface area contributed by atoms with E-state index in [1.165, 1.54) is 83.5 Å². The lowest BCUT2D eigenvalue weighted by molar-refractivity contribution is -0.138. The zero-order valence-corrected chi connectivity index (χ0v) is 15.7. The van der Waals surface area contributed by atoms with E-state index >= 15 is 0 Å². The fourth-order valence-corrected chi connectivity index (χ4v) is 4.62. The van der Waals surface area contributed by atoms with Crippen LogP contribution in [-0.4, -0.2) is 22.9 Å². The number of carbonyl (C=O) groups is 1. The molecule has 1 atom stereocenters. The van der Waals surface area contributed by atoms with Gasteiger partial charge in [-0.3, -0.25) is 4.79 Å². The highest BCUT2D eigenvalue weighted by Gasteiger charge is 2.32. The van der Waals surface area contributed by atoms with Crippen molar-refractivity contribution in [2.24, 2.45) is 5.92 Å². The summed E-state index contributed by atoms with van der Waals surface area (Å²) >= 11 is 0. The highest BCUT2D eigenvalue weighted by Crippen LogP contribution is 2.31. The summed E-state index contributed by atoms with van der Waals surface area (Å²) in [7, 11) is 0. The molecule has 0 saturated heterocycles. The molecule has 2 heteroatoms. The first-order chi connectivity index (χ1) is 11.2. The Morgan fingerprint density at radius 1 is 0.913 bits per heavy atom. The van der Waals surface area contributed by atoms with E-state index in [1.807, 2.05) is 0 Å². The van der Waals surface area contributed by atoms with Gasteiger partial charge in [-0.15, -0.1) is 0 Å². The second-order valence-electron chi connectivity index (χ2n) is 8.17. The molecule has 23 heavy (non-hydrogen) atoms. The summed E-state index contributed by atoms with van der Waals surface area (Å²) in [5.74, 6) is 1.19. The van der Waals surface area contributed by atoms with Crippen LogP contribution in [-0.2, 0) is 4.79 Å². The van der Waals surface area contributed by atoms with Gasteiger partial charge in [-0.1, -0.05) is 71.6 Å². The molecule has 1 amide bonds. The summed E-state index contributed by atoms with van der Waals surface area (Å²) in [6.45, 7) is 4.58. The molecule has 0 heterocycles. The average molecular weight is 322 g/mol. The van der Waals surface area contributed by atoms with E-state index in [9.17, 15) is 4.79 Å². The lowest BCUT2D eigenvalue weighted by Gasteiger charge is -2.42. The van der Waals surface area contributed by atoms with Crippen LogP contribution in [0, 0.1) is 5.92 Å². The largest absolute Gasteiger partial charge is 0.337 e. The van der Waals surface area contributed by atoms with Gasteiger partial charge in [-0.2, -0.15) is 0 Å². The van der Waals surface area contributed by atoms with Crippen LogP contribution in [0.15, 0.2) is 0 Å². The van der Waals surface area contributed by atoms with Crippen molar-refractivity contribution in [3.63, 3.8) is 0 Å². The first kappa shape index (κ1) is 18.8. The van der Waals surface area contributed by atoms with Crippen molar-refractivity contribution in [1.29, 1.82) is 0 Å². The molecule has 2 saturated carbocycles. The van der Waals surface area contributed by atoms with Crippen LogP contribution in [0.25, 0.3) is 0 Å². The van der Waals surface area contributed by atoms with Gasteiger partial charge in [-0.25, -0.2) is 0 Å². The second kappa shape index (κ2) is 10.4. The molecule has 0 aromatic carbocycles. The molecule has 0 radical (unpaired) electrons. The molecule has 0 aliphatic heterocycles. The van der Waals surface area contributed by atoms with Gasteiger partial charge in [0.05, 0.1) is 0 Å². The highest BCUT2D eigenvalue weighted by atomic mass is 16.2. The molecule has 0 N–H and O–H groups in total. The number of rotatable bonds is 8. The summed E-state index contributed by atoms with van der Waals surface area (Å²) < 4.78 is 0. The summed E-state index contributed by atoms with van der Waals surface area (Å²) in [4.78, 5) is 15.4. The Bertz CT molecular complexity index is 311. The monoisotopic (exact) mass is 321 g/mol. The summed E-state index contributed by atoms with van der Waals surface area (Å²) in [5, 5.41) is 0. The third-order valence-electron chi connectivity index (χ3n) is 6.13. The van der Waals surface area contributed by atoms with E-state index in [0.717, 1.165) is 12.8 Å². The number of hydrogen-bond donors (Lipinski definition) is 0. The Labute approximate surface area is 144 Å². The number of nitrogens with zero attached hydrogens (tertiary/aromatic N) is 1. The molecular formula is C21H39NO. The van der Waals surface area contributed by atoms with E-state index in [1.54, 1.807) is 0 Å². The SMILES string of the molecule is CCCCC(C)CCC(=O)N(C1CCCCC1)C1CCCCC1.